The van der Waals surface area contributed by atoms with Crippen LogP contribution < -0.4 is 0 Å². The first-order valence-corrected chi connectivity index (χ1v) is 29.1. The molecule has 1 saturated heterocycles. The summed E-state index contributed by atoms with van der Waals surface area (Å²) in [6, 6.07) is 0. The molecule has 0 saturated carbocycles. The van der Waals surface area contributed by atoms with E-state index in [0.717, 1.165) is 32.1 Å². The van der Waals surface area contributed by atoms with Crippen LogP contribution in [0.1, 0.15) is 296 Å². The maximum Gasteiger partial charge on any atom is 0.306 e. The van der Waals surface area contributed by atoms with Crippen LogP contribution in [-0.4, -0.2) is 89.0 Å². The number of esters is 2. The SMILES string of the molecule is CCCCCCCCCCCCCCCCCCCCCCCCC(=O)OC[C@@H](CO[C@H]1O[C@@H](CO)[C@@H](O)C(O)C1O)OC(=O)CCCCCCCCCCCCCCCCCCCCCC. The Morgan fingerprint density at radius 2 is 0.701 bits per heavy atom. The number of hydrogen-bond acceptors (Lipinski definition) is 10. The second kappa shape index (κ2) is 48.3. The third kappa shape index (κ3) is 39.1. The molecule has 1 rings (SSSR count). The Kier molecular flexibility index (Phi) is 46.0. The van der Waals surface area contributed by atoms with Crippen molar-refractivity contribution in [2.24, 2.45) is 0 Å². The largest absolute Gasteiger partial charge is 0.462 e. The van der Waals surface area contributed by atoms with Gasteiger partial charge in [-0.25, -0.2) is 0 Å². The van der Waals surface area contributed by atoms with Crippen molar-refractivity contribution in [2.75, 3.05) is 19.8 Å². The van der Waals surface area contributed by atoms with Gasteiger partial charge in [0.2, 0.25) is 0 Å². The van der Waals surface area contributed by atoms with E-state index >= 15 is 0 Å². The fourth-order valence-electron chi connectivity index (χ4n) is 9.43. The smallest absolute Gasteiger partial charge is 0.306 e. The lowest BCUT2D eigenvalue weighted by Crippen LogP contribution is -2.59. The van der Waals surface area contributed by atoms with E-state index in [1.165, 1.54) is 231 Å². The minimum atomic E-state index is -1.59. The molecule has 0 aromatic rings. The fourth-order valence-corrected chi connectivity index (χ4v) is 9.43. The molecule has 0 amide bonds. The first-order valence-electron chi connectivity index (χ1n) is 29.1. The number of aliphatic hydroxyl groups excluding tert-OH is 4. The summed E-state index contributed by atoms with van der Waals surface area (Å²) < 4.78 is 22.3. The van der Waals surface area contributed by atoms with Gasteiger partial charge in [-0.3, -0.25) is 9.59 Å². The van der Waals surface area contributed by atoms with E-state index in [-0.39, 0.29) is 32.0 Å². The van der Waals surface area contributed by atoms with Crippen LogP contribution in [0.2, 0.25) is 0 Å². The molecule has 6 atom stereocenters. The molecule has 0 radical (unpaired) electrons. The number of ether oxygens (including phenoxy) is 4. The zero-order valence-corrected chi connectivity index (χ0v) is 43.9. The van der Waals surface area contributed by atoms with Crippen molar-refractivity contribution in [1.29, 1.82) is 0 Å². The Balaban J connectivity index is 2.18. The van der Waals surface area contributed by atoms with Crippen molar-refractivity contribution >= 4 is 11.9 Å². The van der Waals surface area contributed by atoms with Gasteiger partial charge < -0.3 is 39.4 Å². The zero-order chi connectivity index (χ0) is 48.7. The molecule has 0 aliphatic carbocycles. The average Bonchev–Trinajstić information content (AvgIpc) is 3.33. The molecular formula is C57H110O10. The van der Waals surface area contributed by atoms with Gasteiger partial charge in [0, 0.05) is 12.8 Å². The first kappa shape index (κ1) is 63.7. The third-order valence-electron chi connectivity index (χ3n) is 14.0. The molecule has 4 N–H and O–H groups in total. The molecule has 398 valence electrons. The van der Waals surface area contributed by atoms with Crippen LogP contribution >= 0.6 is 0 Å². The van der Waals surface area contributed by atoms with E-state index in [1.54, 1.807) is 0 Å². The molecule has 1 aliphatic heterocycles. The van der Waals surface area contributed by atoms with E-state index in [9.17, 15) is 30.0 Å². The highest BCUT2D eigenvalue weighted by Crippen LogP contribution is 2.23. The standard InChI is InChI=1S/C57H110O10/c1-3-5-7-9-11-13-15-17-19-21-23-25-26-28-29-31-33-35-37-39-41-43-45-52(59)64-48-50(49-65-57-56(63)55(62)54(61)51(47-58)67-57)66-53(60)46-44-42-40-38-36-34-32-30-27-24-22-20-18-16-14-12-10-8-6-4-2/h50-51,54-58,61-63H,3-49H2,1-2H3/t50-,51-,54+,55?,56?,57-/m0/s1. The lowest BCUT2D eigenvalue weighted by atomic mass is 9.99. The zero-order valence-electron chi connectivity index (χ0n) is 43.9. The van der Waals surface area contributed by atoms with Crippen LogP contribution in [0.25, 0.3) is 0 Å². The predicted octanol–water partition coefficient (Wildman–Crippen LogP) is 14.5. The van der Waals surface area contributed by atoms with E-state index in [0.29, 0.717) is 6.42 Å². The van der Waals surface area contributed by atoms with Crippen LogP contribution in [0.5, 0.6) is 0 Å². The van der Waals surface area contributed by atoms with Crippen molar-refractivity contribution < 1.29 is 49.0 Å². The number of rotatable bonds is 51. The Morgan fingerprint density at radius 3 is 1.01 bits per heavy atom. The van der Waals surface area contributed by atoms with Crippen molar-refractivity contribution in [2.45, 2.75) is 333 Å². The van der Waals surface area contributed by atoms with Crippen molar-refractivity contribution in [1.82, 2.24) is 0 Å². The molecule has 0 aromatic carbocycles. The monoisotopic (exact) mass is 955 g/mol. The maximum absolute atomic E-state index is 12.9. The van der Waals surface area contributed by atoms with Gasteiger partial charge in [0.05, 0.1) is 13.2 Å². The quantitative estimate of drug-likeness (QED) is 0.0342. The summed E-state index contributed by atoms with van der Waals surface area (Å²) in [5.74, 6) is -0.781. The second-order valence-corrected chi connectivity index (χ2v) is 20.5. The summed E-state index contributed by atoms with van der Waals surface area (Å²) in [7, 11) is 0. The predicted molar refractivity (Wildman–Crippen MR) is 275 cm³/mol. The minimum Gasteiger partial charge on any atom is -0.462 e. The Bertz CT molecular complexity index is 1060. The number of hydrogen-bond donors (Lipinski definition) is 4. The van der Waals surface area contributed by atoms with Crippen LogP contribution in [0.4, 0.5) is 0 Å². The number of aliphatic hydroxyl groups is 4. The van der Waals surface area contributed by atoms with Gasteiger partial charge in [-0.2, -0.15) is 0 Å². The lowest BCUT2D eigenvalue weighted by molar-refractivity contribution is -0.305. The molecule has 10 nitrogen and oxygen atoms in total. The molecule has 2 unspecified atom stereocenters. The van der Waals surface area contributed by atoms with Crippen molar-refractivity contribution in [3.05, 3.63) is 0 Å². The lowest BCUT2D eigenvalue weighted by Gasteiger charge is -2.39. The minimum absolute atomic E-state index is 0.208. The highest BCUT2D eigenvalue weighted by atomic mass is 16.7. The Labute approximate surface area is 412 Å². The molecular weight excluding hydrogens is 845 g/mol. The normalized spacial score (nSPS) is 18.9. The molecule has 1 aliphatic rings. The van der Waals surface area contributed by atoms with Gasteiger partial charge in [-0.1, -0.05) is 271 Å². The average molecular weight is 955 g/mol. The molecule has 0 aromatic heterocycles. The second-order valence-electron chi connectivity index (χ2n) is 20.5. The van der Waals surface area contributed by atoms with Crippen molar-refractivity contribution in [3.63, 3.8) is 0 Å². The molecule has 67 heavy (non-hydrogen) atoms. The van der Waals surface area contributed by atoms with E-state index in [2.05, 4.69) is 13.8 Å². The Hall–Kier alpha value is -1.30. The summed E-state index contributed by atoms with van der Waals surface area (Å²) >= 11 is 0. The summed E-state index contributed by atoms with van der Waals surface area (Å²) in [5, 5.41) is 40.3. The van der Waals surface area contributed by atoms with Gasteiger partial charge in [-0.05, 0) is 12.8 Å². The van der Waals surface area contributed by atoms with Gasteiger partial charge in [-0.15, -0.1) is 0 Å². The molecule has 1 heterocycles. The molecule has 0 bridgehead atoms. The maximum atomic E-state index is 12.9. The molecule has 10 heteroatoms. The van der Waals surface area contributed by atoms with E-state index in [4.69, 9.17) is 18.9 Å². The Morgan fingerprint density at radius 1 is 0.403 bits per heavy atom. The highest BCUT2D eigenvalue weighted by molar-refractivity contribution is 5.70. The number of unbranched alkanes of at least 4 members (excludes halogenated alkanes) is 40. The molecule has 1 fully saturated rings. The van der Waals surface area contributed by atoms with Crippen LogP contribution in [0.3, 0.4) is 0 Å². The van der Waals surface area contributed by atoms with Gasteiger partial charge >= 0.3 is 11.9 Å². The summed E-state index contributed by atoms with van der Waals surface area (Å²) in [6.45, 7) is 3.50. The first-order chi connectivity index (χ1) is 32.8. The molecule has 0 spiro atoms. The van der Waals surface area contributed by atoms with Gasteiger partial charge in [0.1, 0.15) is 31.0 Å². The highest BCUT2D eigenvalue weighted by Gasteiger charge is 2.44. The topological polar surface area (TPSA) is 152 Å². The fraction of sp³-hybridized carbons (Fsp3) is 0.965. The number of carbonyl (C=O) groups excluding carboxylic acids is 2. The summed E-state index contributed by atoms with van der Waals surface area (Å²) in [6.07, 6.45) is 46.9. The van der Waals surface area contributed by atoms with Crippen molar-refractivity contribution in [3.8, 4) is 0 Å². The van der Waals surface area contributed by atoms with Crippen LogP contribution in [-0.2, 0) is 28.5 Å². The van der Waals surface area contributed by atoms with Crippen LogP contribution in [0.15, 0.2) is 0 Å². The van der Waals surface area contributed by atoms with Gasteiger partial charge in [0.15, 0.2) is 12.4 Å². The van der Waals surface area contributed by atoms with Crippen LogP contribution in [0, 0.1) is 0 Å². The summed E-state index contributed by atoms with van der Waals surface area (Å²) in [4.78, 5) is 25.5. The third-order valence-corrected chi connectivity index (χ3v) is 14.0. The van der Waals surface area contributed by atoms with E-state index in [1.807, 2.05) is 0 Å². The summed E-state index contributed by atoms with van der Waals surface area (Å²) in [5.41, 5.74) is 0. The number of carbonyl (C=O) groups is 2. The van der Waals surface area contributed by atoms with E-state index < -0.39 is 49.4 Å². The van der Waals surface area contributed by atoms with Gasteiger partial charge in [0.25, 0.3) is 0 Å².